The van der Waals surface area contributed by atoms with Gasteiger partial charge in [-0.05, 0) is 19.1 Å². The van der Waals surface area contributed by atoms with E-state index in [9.17, 15) is 4.79 Å². The second-order valence-corrected chi connectivity index (χ2v) is 5.28. The summed E-state index contributed by atoms with van der Waals surface area (Å²) >= 11 is 1.22. The summed E-state index contributed by atoms with van der Waals surface area (Å²) in [6.45, 7) is 2.86. The molecular formula is C13H14N4O3S. The lowest BCUT2D eigenvalue weighted by atomic mass is 10.2. The molecule has 1 aromatic carbocycles. The third kappa shape index (κ3) is 2.70. The Hall–Kier alpha value is -2.48. The van der Waals surface area contributed by atoms with Crippen LogP contribution in [0.3, 0.4) is 0 Å². The van der Waals surface area contributed by atoms with Gasteiger partial charge < -0.3 is 25.8 Å². The molecule has 0 spiro atoms. The van der Waals surface area contributed by atoms with Crippen LogP contribution in [-0.4, -0.2) is 24.2 Å². The van der Waals surface area contributed by atoms with Gasteiger partial charge in [-0.2, -0.15) is 0 Å². The van der Waals surface area contributed by atoms with Crippen LogP contribution < -0.4 is 25.8 Å². The second kappa shape index (κ2) is 5.49. The summed E-state index contributed by atoms with van der Waals surface area (Å²) in [6, 6.07) is 5.20. The summed E-state index contributed by atoms with van der Waals surface area (Å²) < 4.78 is 10.5. The van der Waals surface area contributed by atoms with Crippen LogP contribution in [0.2, 0.25) is 0 Å². The Balaban J connectivity index is 1.77. The number of benzene rings is 1. The van der Waals surface area contributed by atoms with Gasteiger partial charge >= 0.3 is 0 Å². The number of fused-ring (bicyclic) bond motifs is 1. The first-order chi connectivity index (χ1) is 10.2. The SMILES string of the molecule is CCNc1nc(N)c(C(=O)Nc2ccc3c(c2)OCO3)s1. The first kappa shape index (κ1) is 13.5. The quantitative estimate of drug-likeness (QED) is 0.800. The molecule has 1 aliphatic rings. The van der Waals surface area contributed by atoms with Crippen LogP contribution in [0, 0.1) is 0 Å². The molecule has 8 heteroatoms. The average Bonchev–Trinajstić information content (AvgIpc) is 3.05. The Kier molecular flexibility index (Phi) is 3.53. The number of thiazole rings is 1. The van der Waals surface area contributed by atoms with Crippen LogP contribution in [0.1, 0.15) is 16.6 Å². The Morgan fingerprint density at radius 3 is 3.05 bits per heavy atom. The van der Waals surface area contributed by atoms with Crippen molar-refractivity contribution >= 4 is 33.9 Å². The number of rotatable bonds is 4. The molecular weight excluding hydrogens is 292 g/mol. The minimum absolute atomic E-state index is 0.195. The van der Waals surface area contributed by atoms with E-state index in [-0.39, 0.29) is 18.5 Å². The third-order valence-corrected chi connectivity index (χ3v) is 3.85. The number of nitrogens with two attached hydrogens (primary N) is 1. The van der Waals surface area contributed by atoms with Gasteiger partial charge in [-0.1, -0.05) is 11.3 Å². The first-order valence-corrected chi connectivity index (χ1v) is 7.20. The van der Waals surface area contributed by atoms with E-state index >= 15 is 0 Å². The molecule has 2 aromatic rings. The number of ether oxygens (including phenoxy) is 2. The average molecular weight is 306 g/mol. The predicted molar refractivity (Wildman–Crippen MR) is 81.2 cm³/mol. The fraction of sp³-hybridized carbons (Fsp3) is 0.231. The van der Waals surface area contributed by atoms with E-state index in [0.29, 0.717) is 27.2 Å². The standard InChI is InChI=1S/C13H14N4O3S/c1-2-15-13-17-11(14)10(21-13)12(18)16-7-3-4-8-9(5-7)20-6-19-8/h3-5H,2,6,14H2,1H3,(H,15,17)(H,16,18). The van der Waals surface area contributed by atoms with Gasteiger partial charge in [-0.3, -0.25) is 4.79 Å². The highest BCUT2D eigenvalue weighted by Gasteiger charge is 2.18. The van der Waals surface area contributed by atoms with E-state index < -0.39 is 0 Å². The van der Waals surface area contributed by atoms with Gasteiger partial charge in [0.15, 0.2) is 16.6 Å². The van der Waals surface area contributed by atoms with Gasteiger partial charge in [0.05, 0.1) is 0 Å². The molecule has 0 saturated heterocycles. The summed E-state index contributed by atoms with van der Waals surface area (Å²) in [7, 11) is 0. The molecule has 7 nitrogen and oxygen atoms in total. The highest BCUT2D eigenvalue weighted by Crippen LogP contribution is 2.34. The minimum Gasteiger partial charge on any atom is -0.454 e. The topological polar surface area (TPSA) is 98.5 Å². The number of anilines is 3. The fourth-order valence-corrected chi connectivity index (χ4v) is 2.73. The van der Waals surface area contributed by atoms with Crippen molar-refractivity contribution in [3.05, 3.63) is 23.1 Å². The van der Waals surface area contributed by atoms with Crippen LogP contribution in [-0.2, 0) is 0 Å². The van der Waals surface area contributed by atoms with Gasteiger partial charge in [0.25, 0.3) is 5.91 Å². The first-order valence-electron chi connectivity index (χ1n) is 6.38. The van der Waals surface area contributed by atoms with E-state index in [2.05, 4.69) is 15.6 Å². The number of amides is 1. The maximum absolute atomic E-state index is 12.2. The minimum atomic E-state index is -0.298. The lowest BCUT2D eigenvalue weighted by molar-refractivity contribution is 0.103. The third-order valence-electron chi connectivity index (χ3n) is 2.82. The molecule has 21 heavy (non-hydrogen) atoms. The maximum Gasteiger partial charge on any atom is 0.269 e. The molecule has 0 saturated carbocycles. The fourth-order valence-electron chi connectivity index (χ4n) is 1.88. The molecule has 3 rings (SSSR count). The van der Waals surface area contributed by atoms with Crippen molar-refractivity contribution in [3.8, 4) is 11.5 Å². The number of carbonyl (C=O) groups is 1. The van der Waals surface area contributed by atoms with Crippen LogP contribution in [0.4, 0.5) is 16.6 Å². The smallest absolute Gasteiger partial charge is 0.269 e. The summed E-state index contributed by atoms with van der Waals surface area (Å²) in [6.07, 6.45) is 0. The Bertz CT molecular complexity index is 686. The molecule has 4 N–H and O–H groups in total. The van der Waals surface area contributed by atoms with E-state index in [4.69, 9.17) is 15.2 Å². The molecule has 0 atom stereocenters. The number of nitrogen functional groups attached to an aromatic ring is 1. The zero-order chi connectivity index (χ0) is 14.8. The van der Waals surface area contributed by atoms with Gasteiger partial charge in [-0.25, -0.2) is 4.98 Å². The van der Waals surface area contributed by atoms with E-state index in [1.54, 1.807) is 18.2 Å². The molecule has 0 aliphatic carbocycles. The highest BCUT2D eigenvalue weighted by atomic mass is 32.1. The van der Waals surface area contributed by atoms with Crippen LogP contribution >= 0.6 is 11.3 Å². The van der Waals surface area contributed by atoms with Crippen LogP contribution in [0.5, 0.6) is 11.5 Å². The predicted octanol–water partition coefficient (Wildman–Crippen LogP) is 2.14. The molecule has 0 bridgehead atoms. The van der Waals surface area contributed by atoms with Gasteiger partial charge in [-0.15, -0.1) is 0 Å². The van der Waals surface area contributed by atoms with Gasteiger partial charge in [0.2, 0.25) is 6.79 Å². The molecule has 1 amide bonds. The largest absolute Gasteiger partial charge is 0.454 e. The highest BCUT2D eigenvalue weighted by molar-refractivity contribution is 7.18. The lowest BCUT2D eigenvalue weighted by Gasteiger charge is -2.04. The normalized spacial score (nSPS) is 12.2. The van der Waals surface area contributed by atoms with Crippen molar-refractivity contribution in [1.82, 2.24) is 4.98 Å². The molecule has 2 heterocycles. The molecule has 1 aromatic heterocycles. The van der Waals surface area contributed by atoms with Gasteiger partial charge in [0, 0.05) is 18.3 Å². The summed E-state index contributed by atoms with van der Waals surface area (Å²) in [5.74, 6) is 1.19. The van der Waals surface area contributed by atoms with Crippen LogP contribution in [0.15, 0.2) is 18.2 Å². The number of hydrogen-bond acceptors (Lipinski definition) is 7. The van der Waals surface area contributed by atoms with Crippen molar-refractivity contribution in [2.24, 2.45) is 0 Å². The molecule has 0 unspecified atom stereocenters. The van der Waals surface area contributed by atoms with Crippen molar-refractivity contribution in [1.29, 1.82) is 0 Å². The zero-order valence-electron chi connectivity index (χ0n) is 11.3. The zero-order valence-corrected chi connectivity index (χ0v) is 12.1. The number of hydrogen-bond donors (Lipinski definition) is 3. The van der Waals surface area contributed by atoms with E-state index in [1.165, 1.54) is 11.3 Å². The Morgan fingerprint density at radius 1 is 1.43 bits per heavy atom. The number of aromatic nitrogens is 1. The molecule has 1 aliphatic heterocycles. The summed E-state index contributed by atoms with van der Waals surface area (Å²) in [5, 5.41) is 6.44. The monoisotopic (exact) mass is 306 g/mol. The summed E-state index contributed by atoms with van der Waals surface area (Å²) in [5.41, 5.74) is 6.38. The Morgan fingerprint density at radius 2 is 2.24 bits per heavy atom. The van der Waals surface area contributed by atoms with Crippen molar-refractivity contribution in [2.45, 2.75) is 6.92 Å². The number of carbonyl (C=O) groups excluding carboxylic acids is 1. The van der Waals surface area contributed by atoms with Crippen LogP contribution in [0.25, 0.3) is 0 Å². The van der Waals surface area contributed by atoms with E-state index in [0.717, 1.165) is 6.54 Å². The van der Waals surface area contributed by atoms with Gasteiger partial charge in [0.1, 0.15) is 10.7 Å². The van der Waals surface area contributed by atoms with E-state index in [1.807, 2.05) is 6.92 Å². The van der Waals surface area contributed by atoms with Crippen molar-refractivity contribution in [2.75, 3.05) is 29.7 Å². The maximum atomic E-state index is 12.2. The number of nitrogens with zero attached hydrogens (tertiary/aromatic N) is 1. The Labute approximate surface area is 125 Å². The second-order valence-electron chi connectivity index (χ2n) is 4.29. The molecule has 110 valence electrons. The van der Waals surface area contributed by atoms with Crippen molar-refractivity contribution in [3.63, 3.8) is 0 Å². The summed E-state index contributed by atoms with van der Waals surface area (Å²) in [4.78, 5) is 16.7. The number of nitrogens with one attached hydrogen (secondary N) is 2. The van der Waals surface area contributed by atoms with Crippen molar-refractivity contribution < 1.29 is 14.3 Å². The molecule has 0 fully saturated rings. The lowest BCUT2D eigenvalue weighted by Crippen LogP contribution is -2.12. The molecule has 0 radical (unpaired) electrons.